The number of amides is 1. The van der Waals surface area contributed by atoms with Crippen molar-refractivity contribution in [2.24, 2.45) is 5.73 Å². The van der Waals surface area contributed by atoms with Crippen LogP contribution in [0.25, 0.3) is 0 Å². The molecule has 1 amide bonds. The molecule has 0 aliphatic carbocycles. The number of carbonyl (C=O) groups is 2. The third-order valence-corrected chi connectivity index (χ3v) is 4.47. The van der Waals surface area contributed by atoms with Crippen molar-refractivity contribution in [2.75, 3.05) is 24.7 Å². The van der Waals surface area contributed by atoms with Crippen molar-refractivity contribution >= 4 is 17.6 Å². The van der Waals surface area contributed by atoms with Gasteiger partial charge in [0.25, 0.3) is 5.91 Å². The number of likely N-dealkylation sites (N-methyl/N-ethyl adjacent to an activating group) is 1. The molecule has 0 aliphatic heterocycles. The molecule has 1 unspecified atom stereocenters. The Morgan fingerprint density at radius 3 is 2.62 bits per heavy atom. The van der Waals surface area contributed by atoms with Gasteiger partial charge in [0.2, 0.25) is 0 Å². The third kappa shape index (κ3) is 8.79. The molecule has 0 fully saturated rings. The molecular weight excluding hydrogens is 368 g/mol. The van der Waals surface area contributed by atoms with Gasteiger partial charge in [0.05, 0.1) is 11.3 Å². The van der Waals surface area contributed by atoms with Gasteiger partial charge in [-0.3, -0.25) is 10.5 Å². The molecule has 0 aromatic heterocycles. The Morgan fingerprint density at radius 2 is 2.00 bits per heavy atom. The molecule has 0 saturated carbocycles. The summed E-state index contributed by atoms with van der Waals surface area (Å²) >= 11 is 0. The summed E-state index contributed by atoms with van der Waals surface area (Å²) in [6, 6.07) is 5.53. The zero-order valence-corrected chi connectivity index (χ0v) is 18.1. The number of anilines is 1. The lowest BCUT2D eigenvalue weighted by atomic mass is 10.0. The number of hydrogen-bond donors (Lipinski definition) is 1. The largest absolute Gasteiger partial charge is 0.443 e. The monoisotopic (exact) mass is 404 g/mol. The van der Waals surface area contributed by atoms with Crippen molar-refractivity contribution in [3.05, 3.63) is 42.0 Å². The van der Waals surface area contributed by atoms with Gasteiger partial charge in [0.1, 0.15) is 12.8 Å². The minimum Gasteiger partial charge on any atom is -0.443 e. The normalized spacial score (nSPS) is 11.7. The first-order chi connectivity index (χ1) is 13.9. The summed E-state index contributed by atoms with van der Waals surface area (Å²) in [5, 5.41) is 0. The number of esters is 1. The van der Waals surface area contributed by atoms with Crippen molar-refractivity contribution in [2.45, 2.75) is 65.5 Å². The molecule has 1 aromatic carbocycles. The second kappa shape index (κ2) is 13.9. The first kappa shape index (κ1) is 24.9. The molecule has 29 heavy (non-hydrogen) atoms. The van der Waals surface area contributed by atoms with Gasteiger partial charge >= 0.3 is 5.97 Å². The smallest absolute Gasteiger partial charge is 0.341 e. The van der Waals surface area contributed by atoms with Crippen LogP contribution >= 0.6 is 0 Å². The van der Waals surface area contributed by atoms with E-state index < -0.39 is 12.2 Å². The van der Waals surface area contributed by atoms with E-state index in [1.165, 1.54) is 0 Å². The zero-order chi connectivity index (χ0) is 21.6. The van der Waals surface area contributed by atoms with E-state index in [1.807, 2.05) is 25.1 Å². The summed E-state index contributed by atoms with van der Waals surface area (Å²) in [7, 11) is 0. The summed E-state index contributed by atoms with van der Waals surface area (Å²) in [4.78, 5) is 26.9. The first-order valence-electron chi connectivity index (χ1n) is 10.5. The molecule has 1 aromatic rings. The maximum Gasteiger partial charge on any atom is 0.341 e. The van der Waals surface area contributed by atoms with Crippen LogP contribution in [0, 0.1) is 0 Å². The fourth-order valence-corrected chi connectivity index (χ4v) is 2.94. The molecule has 162 valence electrons. The number of hydrogen-bond acceptors (Lipinski definition) is 5. The van der Waals surface area contributed by atoms with E-state index in [1.54, 1.807) is 17.9 Å². The molecule has 2 N–H and O–H groups in total. The number of nitrogens with two attached hydrogens (primary N) is 1. The van der Waals surface area contributed by atoms with Crippen LogP contribution in [0.2, 0.25) is 0 Å². The summed E-state index contributed by atoms with van der Waals surface area (Å²) in [5.74, 6) is -0.714. The molecule has 1 rings (SSSR count). The predicted octanol–water partition coefficient (Wildman–Crippen LogP) is 4.22. The summed E-state index contributed by atoms with van der Waals surface area (Å²) < 4.78 is 10.7. The molecule has 0 aliphatic rings. The lowest BCUT2D eigenvalue weighted by molar-refractivity contribution is -0.123. The Hall–Kier alpha value is -2.18. The number of aryl methyl sites for hydroxylation is 1. The standard InChI is InChI=1S/C23H36N2O4/c1-5-8-10-11-12-19-13-14-20(23(27)29-18(4)24)21(16-19)25(7-3)22(26)17-28-15-9-6-2/h5,13-14,16,18H,1,6-12,15,17,24H2,2-4H3. The van der Waals surface area contributed by atoms with Crippen LogP contribution in [0.4, 0.5) is 5.69 Å². The summed E-state index contributed by atoms with van der Waals surface area (Å²) in [6.45, 7) is 10.2. The first-order valence-corrected chi connectivity index (χ1v) is 10.5. The van der Waals surface area contributed by atoms with Crippen LogP contribution in [-0.2, 0) is 20.7 Å². The highest BCUT2D eigenvalue weighted by Crippen LogP contribution is 2.25. The van der Waals surface area contributed by atoms with E-state index in [2.05, 4.69) is 13.5 Å². The van der Waals surface area contributed by atoms with Crippen LogP contribution in [0.15, 0.2) is 30.9 Å². The average molecular weight is 405 g/mol. The molecular formula is C23H36N2O4. The molecule has 0 heterocycles. The minimum atomic E-state index is -0.725. The van der Waals surface area contributed by atoms with Crippen molar-refractivity contribution < 1.29 is 19.1 Å². The number of carbonyl (C=O) groups excluding carboxylic acids is 2. The number of rotatable bonds is 14. The lowest BCUT2D eigenvalue weighted by Gasteiger charge is -2.24. The van der Waals surface area contributed by atoms with Gasteiger partial charge in [-0.25, -0.2) is 4.79 Å². The summed E-state index contributed by atoms with van der Waals surface area (Å²) in [5.41, 5.74) is 7.56. The van der Waals surface area contributed by atoms with Crippen LogP contribution in [0.5, 0.6) is 0 Å². The van der Waals surface area contributed by atoms with Gasteiger partial charge in [-0.1, -0.05) is 25.5 Å². The van der Waals surface area contributed by atoms with Crippen LogP contribution in [-0.4, -0.2) is 37.9 Å². The quantitative estimate of drug-likeness (QED) is 0.217. The molecule has 6 heteroatoms. The number of nitrogens with zero attached hydrogens (tertiary/aromatic N) is 1. The second-order valence-electron chi connectivity index (χ2n) is 7.04. The van der Waals surface area contributed by atoms with Gasteiger partial charge in [0, 0.05) is 13.2 Å². The molecule has 0 spiro atoms. The number of allylic oxidation sites excluding steroid dienone is 1. The number of unbranched alkanes of at least 4 members (excludes halogenated alkanes) is 3. The van der Waals surface area contributed by atoms with Crippen LogP contribution in [0.3, 0.4) is 0 Å². The molecule has 0 radical (unpaired) electrons. The van der Waals surface area contributed by atoms with Crippen molar-refractivity contribution in [3.8, 4) is 0 Å². The SMILES string of the molecule is C=CCCCCc1ccc(C(=O)OC(C)N)c(N(CC)C(=O)COCCCC)c1. The topological polar surface area (TPSA) is 81.9 Å². The Morgan fingerprint density at radius 1 is 1.24 bits per heavy atom. The molecule has 0 bridgehead atoms. The van der Waals surface area contributed by atoms with E-state index in [-0.39, 0.29) is 12.5 Å². The highest BCUT2D eigenvalue weighted by Gasteiger charge is 2.23. The van der Waals surface area contributed by atoms with E-state index in [0.29, 0.717) is 24.4 Å². The van der Waals surface area contributed by atoms with E-state index in [9.17, 15) is 9.59 Å². The van der Waals surface area contributed by atoms with Gasteiger partial charge in [-0.2, -0.15) is 0 Å². The second-order valence-corrected chi connectivity index (χ2v) is 7.04. The predicted molar refractivity (Wildman–Crippen MR) is 117 cm³/mol. The zero-order valence-electron chi connectivity index (χ0n) is 18.1. The lowest BCUT2D eigenvalue weighted by Crippen LogP contribution is -2.35. The number of ether oxygens (including phenoxy) is 2. The van der Waals surface area contributed by atoms with E-state index >= 15 is 0 Å². The van der Waals surface area contributed by atoms with Gasteiger partial charge < -0.3 is 14.4 Å². The Kier molecular flexibility index (Phi) is 11.9. The van der Waals surface area contributed by atoms with Crippen molar-refractivity contribution in [1.82, 2.24) is 0 Å². The fraction of sp³-hybridized carbons (Fsp3) is 0.565. The fourth-order valence-electron chi connectivity index (χ4n) is 2.94. The van der Waals surface area contributed by atoms with E-state index in [4.69, 9.17) is 15.2 Å². The van der Waals surface area contributed by atoms with Crippen molar-refractivity contribution in [1.29, 1.82) is 0 Å². The molecule has 1 atom stereocenters. The van der Waals surface area contributed by atoms with E-state index in [0.717, 1.165) is 44.1 Å². The Balaban J connectivity index is 3.08. The van der Waals surface area contributed by atoms with Crippen molar-refractivity contribution in [3.63, 3.8) is 0 Å². The Labute approximate surface area is 175 Å². The maximum absolute atomic E-state index is 12.8. The third-order valence-electron chi connectivity index (χ3n) is 4.47. The average Bonchev–Trinajstić information content (AvgIpc) is 2.69. The van der Waals surface area contributed by atoms with Gasteiger partial charge in [-0.05, 0) is 63.6 Å². The summed E-state index contributed by atoms with van der Waals surface area (Å²) in [6.07, 6.45) is 7.00. The molecule has 0 saturated heterocycles. The maximum atomic E-state index is 12.8. The van der Waals surface area contributed by atoms with Crippen LogP contribution in [0.1, 0.15) is 68.8 Å². The highest BCUT2D eigenvalue weighted by molar-refractivity contribution is 6.03. The highest BCUT2D eigenvalue weighted by atomic mass is 16.6. The number of benzene rings is 1. The molecule has 6 nitrogen and oxygen atoms in total. The van der Waals surface area contributed by atoms with Crippen LogP contribution < -0.4 is 10.6 Å². The Bertz CT molecular complexity index is 658. The van der Waals surface area contributed by atoms with Gasteiger partial charge in [0.15, 0.2) is 0 Å². The van der Waals surface area contributed by atoms with Gasteiger partial charge in [-0.15, -0.1) is 6.58 Å². The minimum absolute atomic E-state index is 0.0147.